The molecule has 1 atom stereocenters. The molecule has 0 bridgehead atoms. The van der Waals surface area contributed by atoms with Crippen molar-refractivity contribution < 1.29 is 14.3 Å². The molecule has 0 saturated heterocycles. The average molecular weight is 454 g/mol. The molecule has 2 aromatic carbocycles. The van der Waals surface area contributed by atoms with E-state index in [1.165, 1.54) is 0 Å². The largest absolute Gasteiger partial charge is 0.494 e. The van der Waals surface area contributed by atoms with Crippen molar-refractivity contribution in [3.63, 3.8) is 0 Å². The summed E-state index contributed by atoms with van der Waals surface area (Å²) in [5.74, 6) is 7.41. The van der Waals surface area contributed by atoms with E-state index >= 15 is 0 Å². The van der Waals surface area contributed by atoms with Crippen molar-refractivity contribution in [3.05, 3.63) is 65.2 Å². The van der Waals surface area contributed by atoms with Gasteiger partial charge >= 0.3 is 6.09 Å². The highest BCUT2D eigenvalue weighted by Crippen LogP contribution is 2.16. The Morgan fingerprint density at radius 2 is 1.39 bits per heavy atom. The number of amides is 1. The van der Waals surface area contributed by atoms with Gasteiger partial charge in [0, 0.05) is 17.7 Å². The predicted molar refractivity (Wildman–Crippen MR) is 140 cm³/mol. The van der Waals surface area contributed by atoms with Crippen LogP contribution in [0.3, 0.4) is 0 Å². The first-order valence-electron chi connectivity index (χ1n) is 12.1. The minimum absolute atomic E-state index is 0.181. The second-order valence-electron chi connectivity index (χ2n) is 8.03. The lowest BCUT2D eigenvalue weighted by molar-refractivity contribution is 0.0525. The normalized spacial score (nSPS) is 10.7. The van der Waals surface area contributed by atoms with Crippen molar-refractivity contribution in [1.29, 1.82) is 0 Å². The highest BCUT2D eigenvalue weighted by molar-refractivity contribution is 5.67. The lowest BCUT2D eigenvalue weighted by atomic mass is 10.00. The molecule has 0 aliphatic rings. The molecule has 0 aliphatic carbocycles. The Balaban J connectivity index is 0.00000242. The van der Waals surface area contributed by atoms with Crippen molar-refractivity contribution in [2.45, 2.75) is 80.3 Å². The van der Waals surface area contributed by atoms with E-state index in [0.29, 0.717) is 6.54 Å². The summed E-state index contributed by atoms with van der Waals surface area (Å²) < 4.78 is 10.9. The fourth-order valence-corrected chi connectivity index (χ4v) is 2.56. The molecule has 2 rings (SSSR count). The maximum Gasteiger partial charge on any atom is 0.407 e. The number of carbonyl (C=O) groups excluding carboxylic acids is 1. The zero-order valence-electron chi connectivity index (χ0n) is 22.0. The van der Waals surface area contributed by atoms with Crippen LogP contribution in [-0.2, 0) is 4.74 Å². The molecule has 0 fully saturated rings. The Morgan fingerprint density at radius 3 is 1.85 bits per heavy atom. The van der Waals surface area contributed by atoms with E-state index in [1.807, 2.05) is 97.0 Å². The molecule has 0 heterocycles. The molecule has 182 valence electrons. The van der Waals surface area contributed by atoms with Gasteiger partial charge in [0.15, 0.2) is 0 Å². The molecule has 0 saturated carbocycles. The van der Waals surface area contributed by atoms with Crippen LogP contribution in [0.5, 0.6) is 5.75 Å². The Kier molecular flexibility index (Phi) is 15.2. The summed E-state index contributed by atoms with van der Waals surface area (Å²) >= 11 is 0. The molecule has 0 aromatic heterocycles. The van der Waals surface area contributed by atoms with Crippen molar-refractivity contribution >= 4 is 6.09 Å². The molecule has 1 amide bonds. The fourth-order valence-electron chi connectivity index (χ4n) is 2.56. The van der Waals surface area contributed by atoms with Crippen molar-refractivity contribution in [2.75, 3.05) is 13.2 Å². The summed E-state index contributed by atoms with van der Waals surface area (Å²) in [5.41, 5.74) is 2.56. The standard InChI is InChI=1S/C25H31NO3.2C2H6/c1-6-17-28-23-15-11-21(12-16-23)8-7-20-9-13-22(14-10-20)19(2)18-26-24(27)29-25(3,4)5;2*1-2/h9-16,19H,6,17-18H2,1-5H3,(H,26,27);2*1-2H3. The lowest BCUT2D eigenvalue weighted by Gasteiger charge is -2.21. The number of carbonyl (C=O) groups is 1. The molecule has 4 nitrogen and oxygen atoms in total. The summed E-state index contributed by atoms with van der Waals surface area (Å²) in [7, 11) is 0. The van der Waals surface area contributed by atoms with E-state index < -0.39 is 11.7 Å². The lowest BCUT2D eigenvalue weighted by Crippen LogP contribution is -2.34. The zero-order valence-corrected chi connectivity index (χ0v) is 22.0. The van der Waals surface area contributed by atoms with Gasteiger partial charge in [-0.3, -0.25) is 0 Å². The van der Waals surface area contributed by atoms with Crippen LogP contribution in [0, 0.1) is 11.8 Å². The fraction of sp³-hybridized carbons (Fsp3) is 0.483. The van der Waals surface area contributed by atoms with E-state index in [4.69, 9.17) is 9.47 Å². The SMILES string of the molecule is CC.CC.CCCOc1ccc(C#Cc2ccc(C(C)CNC(=O)OC(C)(C)C)cc2)cc1. The summed E-state index contributed by atoms with van der Waals surface area (Å²) in [6.45, 7) is 19.0. The van der Waals surface area contributed by atoms with Crippen LogP contribution >= 0.6 is 0 Å². The van der Waals surface area contributed by atoms with Crippen LogP contribution in [0.1, 0.15) is 91.3 Å². The molecule has 0 spiro atoms. The zero-order chi connectivity index (χ0) is 25.3. The molecular formula is C29H43NO3. The molecule has 1 N–H and O–H groups in total. The summed E-state index contributed by atoms with van der Waals surface area (Å²) in [6, 6.07) is 15.9. The third-order valence-corrected chi connectivity index (χ3v) is 4.11. The summed E-state index contributed by atoms with van der Waals surface area (Å²) in [6.07, 6.45) is 0.603. The van der Waals surface area contributed by atoms with Crippen LogP contribution in [0.25, 0.3) is 0 Å². The quantitative estimate of drug-likeness (QED) is 0.459. The Labute approximate surface area is 202 Å². The molecule has 0 aliphatic heterocycles. The van der Waals surface area contributed by atoms with Gasteiger partial charge < -0.3 is 14.8 Å². The highest BCUT2D eigenvalue weighted by atomic mass is 16.6. The second kappa shape index (κ2) is 16.7. The van der Waals surface area contributed by atoms with Gasteiger partial charge in [-0.25, -0.2) is 4.79 Å². The number of nitrogens with one attached hydrogen (secondary N) is 1. The maximum atomic E-state index is 11.8. The predicted octanol–water partition coefficient (Wildman–Crippen LogP) is 7.56. The highest BCUT2D eigenvalue weighted by Gasteiger charge is 2.16. The number of rotatable bonds is 6. The number of hydrogen-bond donors (Lipinski definition) is 1. The van der Waals surface area contributed by atoms with Gasteiger partial charge in [-0.05, 0) is 75.1 Å². The number of hydrogen-bond acceptors (Lipinski definition) is 3. The van der Waals surface area contributed by atoms with Gasteiger partial charge in [-0.15, -0.1) is 0 Å². The van der Waals surface area contributed by atoms with Crippen LogP contribution < -0.4 is 10.1 Å². The van der Waals surface area contributed by atoms with Crippen LogP contribution in [0.2, 0.25) is 0 Å². The van der Waals surface area contributed by atoms with Gasteiger partial charge in [0.25, 0.3) is 0 Å². The van der Waals surface area contributed by atoms with Crippen molar-refractivity contribution in [1.82, 2.24) is 5.32 Å². The molecule has 33 heavy (non-hydrogen) atoms. The third-order valence-electron chi connectivity index (χ3n) is 4.11. The minimum Gasteiger partial charge on any atom is -0.494 e. The first kappa shape index (κ1) is 30.1. The van der Waals surface area contributed by atoms with Crippen molar-refractivity contribution in [3.8, 4) is 17.6 Å². The van der Waals surface area contributed by atoms with E-state index in [2.05, 4.69) is 31.0 Å². The van der Waals surface area contributed by atoms with E-state index in [9.17, 15) is 4.79 Å². The molecule has 2 aromatic rings. The van der Waals surface area contributed by atoms with Crippen molar-refractivity contribution in [2.24, 2.45) is 0 Å². The Hall–Kier alpha value is -2.93. The maximum absolute atomic E-state index is 11.8. The smallest absolute Gasteiger partial charge is 0.407 e. The summed E-state index contributed by atoms with van der Waals surface area (Å²) in [4.78, 5) is 11.8. The van der Waals surface area contributed by atoms with Gasteiger partial charge in [0.1, 0.15) is 11.4 Å². The molecular weight excluding hydrogens is 410 g/mol. The van der Waals surface area contributed by atoms with Gasteiger partial charge in [-0.1, -0.05) is 65.5 Å². The van der Waals surface area contributed by atoms with Gasteiger partial charge in [0.2, 0.25) is 0 Å². The monoisotopic (exact) mass is 453 g/mol. The summed E-state index contributed by atoms with van der Waals surface area (Å²) in [5, 5.41) is 2.82. The van der Waals surface area contributed by atoms with E-state index in [1.54, 1.807) is 0 Å². The van der Waals surface area contributed by atoms with Gasteiger partial charge in [0.05, 0.1) is 6.61 Å². The Morgan fingerprint density at radius 1 is 0.909 bits per heavy atom. The van der Waals surface area contributed by atoms with E-state index in [-0.39, 0.29) is 5.92 Å². The molecule has 0 radical (unpaired) electrons. The first-order chi connectivity index (χ1) is 15.8. The average Bonchev–Trinajstić information content (AvgIpc) is 2.82. The second-order valence-corrected chi connectivity index (χ2v) is 8.03. The third kappa shape index (κ3) is 13.3. The van der Waals surface area contributed by atoms with Crippen LogP contribution in [0.15, 0.2) is 48.5 Å². The number of benzene rings is 2. The number of alkyl carbamates (subject to hydrolysis) is 1. The topological polar surface area (TPSA) is 47.6 Å². The minimum atomic E-state index is -0.490. The Bertz CT molecular complexity index is 838. The van der Waals surface area contributed by atoms with Crippen LogP contribution in [-0.4, -0.2) is 24.8 Å². The molecule has 4 heteroatoms. The van der Waals surface area contributed by atoms with E-state index in [0.717, 1.165) is 35.5 Å². The van der Waals surface area contributed by atoms with Crippen LogP contribution in [0.4, 0.5) is 4.79 Å². The first-order valence-corrected chi connectivity index (χ1v) is 12.1. The van der Waals surface area contributed by atoms with Gasteiger partial charge in [-0.2, -0.15) is 0 Å². The molecule has 1 unspecified atom stereocenters. The number of ether oxygens (including phenoxy) is 2.